The highest BCUT2D eigenvalue weighted by Crippen LogP contribution is 2.25. The van der Waals surface area contributed by atoms with Crippen molar-refractivity contribution >= 4 is 27.7 Å². The number of nitrogens with zero attached hydrogens (tertiary/aromatic N) is 1. The van der Waals surface area contributed by atoms with Gasteiger partial charge >= 0.3 is 6.09 Å². The average molecular weight is 568 g/mol. The highest BCUT2D eigenvalue weighted by molar-refractivity contribution is 7.92. The zero-order chi connectivity index (χ0) is 28.9. The van der Waals surface area contributed by atoms with E-state index in [9.17, 15) is 22.4 Å². The number of hydrogen-bond donors (Lipinski definition) is 2. The van der Waals surface area contributed by atoms with Crippen molar-refractivity contribution in [3.63, 3.8) is 0 Å². The third kappa shape index (κ3) is 7.81. The minimum atomic E-state index is -3.76. The molecule has 0 fully saturated rings. The minimum absolute atomic E-state index is 0.0523. The molecule has 4 rings (SSSR count). The van der Waals surface area contributed by atoms with Gasteiger partial charge in [-0.3, -0.25) is 9.52 Å². The molecule has 2 N–H and O–H groups in total. The topological polar surface area (TPSA) is 105 Å². The van der Waals surface area contributed by atoms with Crippen molar-refractivity contribution in [3.8, 4) is 0 Å². The molecule has 40 heavy (non-hydrogen) atoms. The molecule has 8 nitrogen and oxygen atoms in total. The van der Waals surface area contributed by atoms with E-state index in [0.29, 0.717) is 24.2 Å². The molecule has 3 aromatic rings. The Bertz CT molecular complexity index is 1470. The number of ether oxygens (including phenoxy) is 1. The lowest BCUT2D eigenvalue weighted by molar-refractivity contribution is -0.132. The highest BCUT2D eigenvalue weighted by atomic mass is 32.2. The second kappa shape index (κ2) is 12.1. The normalized spacial score (nSPS) is 14.2. The van der Waals surface area contributed by atoms with Crippen LogP contribution in [0.15, 0.2) is 77.7 Å². The molecule has 0 unspecified atom stereocenters. The molecule has 0 bridgehead atoms. The van der Waals surface area contributed by atoms with Gasteiger partial charge in [0.05, 0.1) is 4.90 Å². The number of anilines is 1. The van der Waals surface area contributed by atoms with Gasteiger partial charge in [-0.1, -0.05) is 42.5 Å². The molecule has 2 amide bonds. The molecule has 0 spiro atoms. The Kier molecular flexibility index (Phi) is 8.78. The third-order valence-electron chi connectivity index (χ3n) is 6.44. The first-order valence-corrected chi connectivity index (χ1v) is 14.6. The van der Waals surface area contributed by atoms with Crippen molar-refractivity contribution in [2.45, 2.75) is 63.1 Å². The molecule has 0 aromatic heterocycles. The predicted octanol–water partition coefficient (Wildman–Crippen LogP) is 5.04. The zero-order valence-corrected chi connectivity index (χ0v) is 23.6. The Balaban J connectivity index is 1.47. The van der Waals surface area contributed by atoms with Crippen molar-refractivity contribution in [1.29, 1.82) is 0 Å². The van der Waals surface area contributed by atoms with Crippen LogP contribution in [-0.2, 0) is 38.9 Å². The van der Waals surface area contributed by atoms with Crippen LogP contribution >= 0.6 is 0 Å². The molecule has 1 aliphatic heterocycles. The van der Waals surface area contributed by atoms with E-state index >= 15 is 0 Å². The smallest absolute Gasteiger partial charge is 0.407 e. The highest BCUT2D eigenvalue weighted by Gasteiger charge is 2.27. The van der Waals surface area contributed by atoms with Gasteiger partial charge < -0.3 is 15.0 Å². The monoisotopic (exact) mass is 567 g/mol. The van der Waals surface area contributed by atoms with Gasteiger partial charge in [0.1, 0.15) is 11.4 Å². The fourth-order valence-electron chi connectivity index (χ4n) is 4.56. The van der Waals surface area contributed by atoms with E-state index in [2.05, 4.69) is 10.0 Å². The van der Waals surface area contributed by atoms with Crippen LogP contribution in [0.1, 0.15) is 43.9 Å². The molecule has 0 saturated heterocycles. The minimum Gasteiger partial charge on any atom is -0.444 e. The van der Waals surface area contributed by atoms with Crippen molar-refractivity contribution in [2.24, 2.45) is 0 Å². The van der Waals surface area contributed by atoms with E-state index < -0.39 is 33.6 Å². The largest absolute Gasteiger partial charge is 0.444 e. The number of amides is 2. The van der Waals surface area contributed by atoms with Crippen molar-refractivity contribution < 1.29 is 27.1 Å². The van der Waals surface area contributed by atoms with Crippen LogP contribution in [0.2, 0.25) is 0 Å². The predicted molar refractivity (Wildman–Crippen MR) is 151 cm³/mol. The number of carbonyl (C=O) groups excluding carboxylic acids is 2. The summed E-state index contributed by atoms with van der Waals surface area (Å²) in [4.78, 5) is 27.7. The fourth-order valence-corrected chi connectivity index (χ4v) is 5.64. The summed E-state index contributed by atoms with van der Waals surface area (Å²) in [5, 5.41) is 2.74. The summed E-state index contributed by atoms with van der Waals surface area (Å²) in [6.07, 6.45) is -0.0120. The standard InChI is InChI=1S/C30H34FN3O5S/c1-30(2,3)39-29(36)32-25(17-22-9-7-8-12-27(22)31)19-28(35)34-16-15-21-13-14-24(18-23(21)20-34)33-40(37,38)26-10-5-4-6-11-26/h4-14,18,25,33H,15-17,19-20H2,1-3H3,(H,32,36)/t25-/m1/s1. The number of alkyl carbamates (subject to hydrolysis) is 1. The third-order valence-corrected chi connectivity index (χ3v) is 7.84. The second-order valence-electron chi connectivity index (χ2n) is 10.8. The van der Waals surface area contributed by atoms with Crippen molar-refractivity contribution in [2.75, 3.05) is 11.3 Å². The summed E-state index contributed by atoms with van der Waals surface area (Å²) in [5.74, 6) is -0.623. The molecule has 1 atom stereocenters. The van der Waals surface area contributed by atoms with Crippen LogP contribution in [0, 0.1) is 5.82 Å². The maximum absolute atomic E-state index is 14.4. The van der Waals surface area contributed by atoms with Gasteiger partial charge in [-0.25, -0.2) is 17.6 Å². The molecule has 212 valence electrons. The van der Waals surface area contributed by atoms with Gasteiger partial charge in [0.2, 0.25) is 5.91 Å². The number of halogens is 1. The number of hydrogen-bond acceptors (Lipinski definition) is 5. The van der Waals surface area contributed by atoms with E-state index in [-0.39, 0.29) is 30.2 Å². The van der Waals surface area contributed by atoms with Crippen molar-refractivity contribution in [3.05, 3.63) is 95.3 Å². The number of rotatable bonds is 8. The maximum Gasteiger partial charge on any atom is 0.407 e. The molecule has 0 saturated carbocycles. The van der Waals surface area contributed by atoms with Gasteiger partial charge in [-0.15, -0.1) is 0 Å². The van der Waals surface area contributed by atoms with Gasteiger partial charge in [0, 0.05) is 31.2 Å². The van der Waals surface area contributed by atoms with E-state index in [4.69, 9.17) is 4.74 Å². The Morgan fingerprint density at radius 1 is 1.00 bits per heavy atom. The molecular weight excluding hydrogens is 533 g/mol. The summed E-state index contributed by atoms with van der Waals surface area (Å²) in [5.41, 5.74) is 1.92. The lowest BCUT2D eigenvalue weighted by Gasteiger charge is -2.31. The zero-order valence-electron chi connectivity index (χ0n) is 22.8. The quantitative estimate of drug-likeness (QED) is 0.397. The van der Waals surface area contributed by atoms with Crippen LogP contribution in [0.4, 0.5) is 14.9 Å². The Morgan fingerprint density at radius 3 is 2.40 bits per heavy atom. The number of carbonyl (C=O) groups is 2. The summed E-state index contributed by atoms with van der Waals surface area (Å²) in [7, 11) is -3.76. The first-order chi connectivity index (χ1) is 18.9. The first kappa shape index (κ1) is 29.1. The molecule has 10 heteroatoms. The molecule has 1 aliphatic rings. The van der Waals surface area contributed by atoms with E-state index in [1.54, 1.807) is 74.2 Å². The maximum atomic E-state index is 14.4. The lowest BCUT2D eigenvalue weighted by Crippen LogP contribution is -2.44. The van der Waals surface area contributed by atoms with Crippen molar-refractivity contribution in [1.82, 2.24) is 10.2 Å². The summed E-state index contributed by atoms with van der Waals surface area (Å²) >= 11 is 0. The number of nitrogens with one attached hydrogen (secondary N) is 2. The summed E-state index contributed by atoms with van der Waals surface area (Å²) in [6.45, 7) is 5.97. The van der Waals surface area contributed by atoms with Crippen LogP contribution < -0.4 is 10.0 Å². The van der Waals surface area contributed by atoms with Gasteiger partial charge in [-0.2, -0.15) is 0 Å². The molecule has 3 aromatic carbocycles. The van der Waals surface area contributed by atoms with E-state index in [1.165, 1.54) is 18.2 Å². The van der Waals surface area contributed by atoms with E-state index in [1.807, 2.05) is 6.07 Å². The molecular formula is C30H34FN3O5S. The van der Waals surface area contributed by atoms with Gasteiger partial charge in [0.15, 0.2) is 0 Å². The Hall–Kier alpha value is -3.92. The Morgan fingerprint density at radius 2 is 1.70 bits per heavy atom. The second-order valence-corrected chi connectivity index (χ2v) is 12.5. The van der Waals surface area contributed by atoms with Crippen LogP contribution in [0.25, 0.3) is 0 Å². The van der Waals surface area contributed by atoms with Crippen LogP contribution in [0.3, 0.4) is 0 Å². The lowest BCUT2D eigenvalue weighted by atomic mass is 9.97. The number of fused-ring (bicyclic) bond motifs is 1. The molecule has 0 aliphatic carbocycles. The average Bonchev–Trinajstić information content (AvgIpc) is 2.88. The number of sulfonamides is 1. The summed E-state index contributed by atoms with van der Waals surface area (Å²) < 4.78 is 47.9. The van der Waals surface area contributed by atoms with E-state index in [0.717, 1.165) is 11.1 Å². The molecule has 1 heterocycles. The van der Waals surface area contributed by atoms with Gasteiger partial charge in [-0.05, 0) is 80.6 Å². The molecule has 0 radical (unpaired) electrons. The summed E-state index contributed by atoms with van der Waals surface area (Å²) in [6, 6.07) is 19.0. The van der Waals surface area contributed by atoms with Crippen LogP contribution in [0.5, 0.6) is 0 Å². The van der Waals surface area contributed by atoms with Crippen LogP contribution in [-0.4, -0.2) is 43.5 Å². The fraction of sp³-hybridized carbons (Fsp3) is 0.333. The first-order valence-electron chi connectivity index (χ1n) is 13.1. The number of benzene rings is 3. The van der Waals surface area contributed by atoms with Gasteiger partial charge in [0.25, 0.3) is 10.0 Å². The Labute approximate surface area is 234 Å². The SMILES string of the molecule is CC(C)(C)OC(=O)N[C@@H](CC(=O)N1CCc2ccc(NS(=O)(=O)c3ccccc3)cc2C1)Cc1ccccc1F.